The minimum atomic E-state index is -3.30. The highest BCUT2D eigenvalue weighted by Crippen LogP contribution is 2.42. The summed E-state index contributed by atoms with van der Waals surface area (Å²) in [6.07, 6.45) is 0. The Hall–Kier alpha value is -2.30. The Bertz CT molecular complexity index is 1170. The van der Waals surface area contributed by atoms with Gasteiger partial charge in [0.25, 0.3) is 0 Å². The summed E-state index contributed by atoms with van der Waals surface area (Å²) >= 11 is 19.0. The molecule has 160 valence electrons. The lowest BCUT2D eigenvalue weighted by Gasteiger charge is -2.15. The lowest BCUT2D eigenvalue weighted by Crippen LogP contribution is -2.14. The van der Waals surface area contributed by atoms with E-state index in [0.29, 0.717) is 5.56 Å². The van der Waals surface area contributed by atoms with Gasteiger partial charge in [0.05, 0.1) is 40.2 Å². The van der Waals surface area contributed by atoms with Gasteiger partial charge in [0.1, 0.15) is 17.1 Å². The lowest BCUT2D eigenvalue weighted by molar-refractivity contribution is 0.103. The number of carbonyl (C=O) groups excluding carboxylic acids is 2. The second-order valence-electron chi connectivity index (χ2n) is 6.30. The zero-order valence-corrected chi connectivity index (χ0v) is 19.6. The average molecular weight is 498 g/mol. The number of ketones is 1. The van der Waals surface area contributed by atoms with Crippen LogP contribution in [-0.4, -0.2) is 25.5 Å². The van der Waals surface area contributed by atoms with Crippen LogP contribution in [0.5, 0.6) is 11.5 Å². The van der Waals surface area contributed by atoms with Gasteiger partial charge in [0, 0.05) is 5.56 Å². The van der Waals surface area contributed by atoms with Crippen molar-refractivity contribution in [3.05, 3.63) is 86.4 Å². The summed E-state index contributed by atoms with van der Waals surface area (Å²) in [7, 11) is -0.545. The minimum absolute atomic E-state index is 0.00518. The summed E-state index contributed by atoms with van der Waals surface area (Å²) in [6, 6.07) is 14.3. The molecule has 0 N–H and O–H groups in total. The monoisotopic (exact) mass is 496 g/mol. The largest absolute Gasteiger partial charge is 0.496 e. The van der Waals surface area contributed by atoms with Gasteiger partial charge in [-0.05, 0) is 18.2 Å². The number of methoxy groups -OCH3 is 2. The summed E-state index contributed by atoms with van der Waals surface area (Å²) in [4.78, 5) is 26.2. The average Bonchev–Trinajstić information content (AvgIpc) is 2.77. The normalized spacial score (nSPS) is 11.6. The van der Waals surface area contributed by atoms with Gasteiger partial charge in [-0.2, -0.15) is 0 Å². The van der Waals surface area contributed by atoms with Crippen molar-refractivity contribution in [2.24, 2.45) is 0 Å². The number of carbonyl (C=O) groups is 2. The van der Waals surface area contributed by atoms with E-state index in [1.807, 2.05) is 0 Å². The smallest absolute Gasteiger partial charge is 0.230 e. The molecule has 5 nitrogen and oxygen atoms in total. The minimum Gasteiger partial charge on any atom is -0.496 e. The van der Waals surface area contributed by atoms with Crippen LogP contribution in [-0.2, 0) is 4.57 Å². The third-order valence-electron chi connectivity index (χ3n) is 4.52. The molecule has 0 amide bonds. The third kappa shape index (κ3) is 4.51. The molecule has 0 bridgehead atoms. The lowest BCUT2D eigenvalue weighted by atomic mass is 10.0. The number of hydrogen-bond acceptors (Lipinski definition) is 5. The van der Waals surface area contributed by atoms with Crippen LogP contribution in [0.4, 0.5) is 0 Å². The first-order chi connectivity index (χ1) is 14.8. The van der Waals surface area contributed by atoms with E-state index in [9.17, 15) is 14.2 Å². The maximum Gasteiger partial charge on any atom is 0.230 e. The Labute approximate surface area is 194 Å². The zero-order chi connectivity index (χ0) is 22.7. The van der Waals surface area contributed by atoms with Crippen molar-refractivity contribution >= 4 is 59.2 Å². The zero-order valence-electron chi connectivity index (χ0n) is 16.4. The Morgan fingerprint density at radius 2 is 1.39 bits per heavy atom. The van der Waals surface area contributed by atoms with Crippen LogP contribution in [0.15, 0.2) is 54.6 Å². The van der Waals surface area contributed by atoms with Gasteiger partial charge in [-0.15, -0.1) is 0 Å². The van der Waals surface area contributed by atoms with Crippen molar-refractivity contribution in [3.8, 4) is 11.5 Å². The van der Waals surface area contributed by atoms with Crippen LogP contribution < -0.4 is 14.8 Å². The molecule has 0 aromatic heterocycles. The molecule has 1 atom stereocenters. The van der Waals surface area contributed by atoms with Crippen molar-refractivity contribution < 1.29 is 23.6 Å². The van der Waals surface area contributed by atoms with Crippen LogP contribution >= 0.6 is 42.6 Å². The molecule has 0 spiro atoms. The van der Waals surface area contributed by atoms with E-state index >= 15 is 0 Å². The van der Waals surface area contributed by atoms with Gasteiger partial charge < -0.3 is 14.0 Å². The Morgan fingerprint density at radius 3 is 1.94 bits per heavy atom. The Balaban J connectivity index is 2.15. The van der Waals surface area contributed by atoms with Gasteiger partial charge in [-0.1, -0.05) is 71.2 Å². The topological polar surface area (TPSA) is 69.7 Å². The SMILES string of the molecule is COc1cccc(OC)c1C(=O)[PH](=O)c1c(Cl)cc(Cl)c(C(=O)c2ccccc2)c1Cl. The van der Waals surface area contributed by atoms with Crippen molar-refractivity contribution in [3.63, 3.8) is 0 Å². The fourth-order valence-electron chi connectivity index (χ4n) is 3.04. The summed E-state index contributed by atoms with van der Waals surface area (Å²) in [5.41, 5.74) is -0.526. The van der Waals surface area contributed by atoms with Crippen LogP contribution in [0.1, 0.15) is 26.3 Å². The van der Waals surface area contributed by atoms with Gasteiger partial charge in [-0.3, -0.25) is 9.59 Å². The van der Waals surface area contributed by atoms with Crippen molar-refractivity contribution in [1.82, 2.24) is 0 Å². The molecule has 0 fully saturated rings. The van der Waals surface area contributed by atoms with Gasteiger partial charge >= 0.3 is 0 Å². The standard InChI is InChI=1S/C22H16Cl3O5P/c1-29-15-9-6-10-16(30-2)18(15)22(27)31(28)21-14(24)11-13(23)17(19(21)25)20(26)12-7-4-3-5-8-12/h3-11,31H,1-2H3. The fourth-order valence-corrected chi connectivity index (χ4v) is 5.81. The summed E-state index contributed by atoms with van der Waals surface area (Å²) in [6.45, 7) is 0. The second kappa shape index (κ2) is 9.88. The first-order valence-electron chi connectivity index (χ1n) is 8.89. The summed E-state index contributed by atoms with van der Waals surface area (Å²) < 4.78 is 23.8. The van der Waals surface area contributed by atoms with Crippen LogP contribution in [0.2, 0.25) is 15.1 Å². The molecule has 9 heteroatoms. The number of halogens is 3. The number of ether oxygens (including phenoxy) is 2. The van der Waals surface area contributed by atoms with Crippen LogP contribution in [0.3, 0.4) is 0 Å². The molecule has 1 unspecified atom stereocenters. The highest BCUT2D eigenvalue weighted by molar-refractivity contribution is 7.72. The molecular formula is C22H16Cl3O5P. The first kappa shape index (κ1) is 23.4. The van der Waals surface area contributed by atoms with Gasteiger partial charge in [-0.25, -0.2) is 0 Å². The van der Waals surface area contributed by atoms with E-state index in [1.165, 1.54) is 20.3 Å². The second-order valence-corrected chi connectivity index (χ2v) is 9.10. The molecule has 0 heterocycles. The molecule has 0 aliphatic heterocycles. The molecule has 0 aliphatic rings. The van der Waals surface area contributed by atoms with Crippen LogP contribution in [0.25, 0.3) is 0 Å². The van der Waals surface area contributed by atoms with E-state index in [4.69, 9.17) is 44.3 Å². The van der Waals surface area contributed by atoms with E-state index in [-0.39, 0.29) is 43.0 Å². The number of rotatable bonds is 7. The number of hydrogen-bond donors (Lipinski definition) is 0. The molecule has 0 aliphatic carbocycles. The molecule has 3 aromatic rings. The molecule has 31 heavy (non-hydrogen) atoms. The molecule has 3 rings (SSSR count). The van der Waals surface area contributed by atoms with Crippen LogP contribution in [0, 0.1) is 0 Å². The predicted molar refractivity (Wildman–Crippen MR) is 124 cm³/mol. The van der Waals surface area contributed by atoms with E-state index in [0.717, 1.165) is 0 Å². The van der Waals surface area contributed by atoms with E-state index in [2.05, 4.69) is 0 Å². The van der Waals surface area contributed by atoms with Crippen molar-refractivity contribution in [2.45, 2.75) is 0 Å². The molecule has 0 saturated carbocycles. The van der Waals surface area contributed by atoms with Crippen molar-refractivity contribution in [1.29, 1.82) is 0 Å². The maximum atomic E-state index is 13.3. The first-order valence-corrected chi connectivity index (χ1v) is 11.4. The van der Waals surface area contributed by atoms with E-state index in [1.54, 1.807) is 48.5 Å². The third-order valence-corrected chi connectivity index (χ3v) is 7.45. The van der Waals surface area contributed by atoms with E-state index < -0.39 is 19.1 Å². The maximum absolute atomic E-state index is 13.3. The molecular weight excluding hydrogens is 482 g/mol. The molecule has 0 saturated heterocycles. The highest BCUT2D eigenvalue weighted by atomic mass is 35.5. The molecule has 0 radical (unpaired) electrons. The Kier molecular flexibility index (Phi) is 7.45. The number of benzene rings is 3. The fraction of sp³-hybridized carbons (Fsp3) is 0.0909. The molecule has 3 aromatic carbocycles. The highest BCUT2D eigenvalue weighted by Gasteiger charge is 2.30. The van der Waals surface area contributed by atoms with Crippen molar-refractivity contribution in [2.75, 3.05) is 14.2 Å². The summed E-state index contributed by atoms with van der Waals surface area (Å²) in [5.74, 6) is -0.111. The van der Waals surface area contributed by atoms with Gasteiger partial charge in [0.15, 0.2) is 13.6 Å². The Morgan fingerprint density at radius 1 is 0.806 bits per heavy atom. The van der Waals surface area contributed by atoms with Gasteiger partial charge in [0.2, 0.25) is 5.52 Å². The predicted octanol–water partition coefficient (Wildman–Crippen LogP) is 5.92. The quantitative estimate of drug-likeness (QED) is 0.299. The summed E-state index contributed by atoms with van der Waals surface area (Å²) in [5, 5.41) is -0.456.